The number of carbonyl (C=O) groups excluding carboxylic acids is 1. The predicted octanol–water partition coefficient (Wildman–Crippen LogP) is 0.888. The lowest BCUT2D eigenvalue weighted by molar-refractivity contribution is -0.145. The molecule has 7 nitrogen and oxygen atoms in total. The number of hydrogen-bond donors (Lipinski definition) is 1. The van der Waals surface area contributed by atoms with E-state index in [1.54, 1.807) is 4.90 Å². The van der Waals surface area contributed by atoms with Gasteiger partial charge in [-0.2, -0.15) is 4.98 Å². The van der Waals surface area contributed by atoms with Gasteiger partial charge in [-0.15, -0.1) is 0 Å². The molecule has 1 aromatic rings. The number of aryl methyl sites for hydroxylation is 2. The molecule has 1 aliphatic heterocycles. The fraction of sp³-hybridized carbons (Fsp3) is 0.692. The number of carboxylic acid groups (broad SMARTS) is 1. The molecule has 110 valence electrons. The fourth-order valence-electron chi connectivity index (χ4n) is 2.24. The van der Waals surface area contributed by atoms with E-state index < -0.39 is 5.97 Å². The van der Waals surface area contributed by atoms with E-state index in [4.69, 9.17) is 9.63 Å². The third kappa shape index (κ3) is 3.79. The first kappa shape index (κ1) is 14.5. The maximum Gasteiger partial charge on any atom is 0.303 e. The summed E-state index contributed by atoms with van der Waals surface area (Å²) in [4.78, 5) is 28.2. The lowest BCUT2D eigenvalue weighted by Gasteiger charge is -2.38. The van der Waals surface area contributed by atoms with Crippen molar-refractivity contribution in [2.45, 2.75) is 39.0 Å². The molecule has 0 aromatic carbocycles. The number of aromatic nitrogens is 2. The van der Waals surface area contributed by atoms with Crippen LogP contribution < -0.4 is 0 Å². The van der Waals surface area contributed by atoms with Crippen molar-refractivity contribution >= 4 is 11.9 Å². The van der Waals surface area contributed by atoms with Gasteiger partial charge in [0.15, 0.2) is 5.82 Å². The van der Waals surface area contributed by atoms with E-state index in [0.29, 0.717) is 37.6 Å². The number of hydrogen-bond acceptors (Lipinski definition) is 5. The van der Waals surface area contributed by atoms with Crippen LogP contribution in [0, 0.1) is 5.92 Å². The van der Waals surface area contributed by atoms with Crippen molar-refractivity contribution in [3.8, 4) is 0 Å². The Morgan fingerprint density at radius 2 is 2.15 bits per heavy atom. The third-order valence-electron chi connectivity index (χ3n) is 3.31. The first-order valence-corrected chi connectivity index (χ1v) is 6.89. The zero-order valence-electron chi connectivity index (χ0n) is 11.5. The second-order valence-electron chi connectivity index (χ2n) is 5.12. The largest absolute Gasteiger partial charge is 0.481 e. The van der Waals surface area contributed by atoms with Crippen LogP contribution >= 0.6 is 0 Å². The summed E-state index contributed by atoms with van der Waals surface area (Å²) in [6, 6.07) is 0. The van der Waals surface area contributed by atoms with Crippen LogP contribution in [0.2, 0.25) is 0 Å². The number of nitrogens with zero attached hydrogens (tertiary/aromatic N) is 3. The Bertz CT molecular complexity index is 480. The highest BCUT2D eigenvalue weighted by Gasteiger charge is 2.31. The monoisotopic (exact) mass is 281 g/mol. The molecule has 0 aliphatic carbocycles. The summed E-state index contributed by atoms with van der Waals surface area (Å²) >= 11 is 0. The zero-order valence-corrected chi connectivity index (χ0v) is 11.5. The fourth-order valence-corrected chi connectivity index (χ4v) is 2.24. The smallest absolute Gasteiger partial charge is 0.303 e. The van der Waals surface area contributed by atoms with E-state index in [2.05, 4.69) is 10.1 Å². The molecule has 0 unspecified atom stereocenters. The number of carboxylic acids is 1. The van der Waals surface area contributed by atoms with Gasteiger partial charge < -0.3 is 14.5 Å². The van der Waals surface area contributed by atoms with E-state index in [-0.39, 0.29) is 18.2 Å². The molecule has 1 saturated heterocycles. The molecule has 1 amide bonds. The van der Waals surface area contributed by atoms with Gasteiger partial charge in [0.2, 0.25) is 11.8 Å². The molecular weight excluding hydrogens is 262 g/mol. The van der Waals surface area contributed by atoms with E-state index in [0.717, 1.165) is 12.8 Å². The summed E-state index contributed by atoms with van der Waals surface area (Å²) < 4.78 is 5.06. The Kier molecular flexibility index (Phi) is 4.70. The Balaban J connectivity index is 1.69. The molecule has 2 heterocycles. The number of amides is 1. The van der Waals surface area contributed by atoms with Gasteiger partial charge in [-0.1, -0.05) is 12.1 Å². The van der Waals surface area contributed by atoms with E-state index >= 15 is 0 Å². The van der Waals surface area contributed by atoms with Crippen molar-refractivity contribution in [1.29, 1.82) is 0 Å². The molecular formula is C13H19N3O4. The van der Waals surface area contributed by atoms with Crippen molar-refractivity contribution in [2.75, 3.05) is 13.1 Å². The van der Waals surface area contributed by atoms with Crippen LogP contribution in [-0.2, 0) is 22.4 Å². The van der Waals surface area contributed by atoms with E-state index in [1.807, 2.05) is 6.92 Å². The van der Waals surface area contributed by atoms with Gasteiger partial charge in [0.05, 0.1) is 6.42 Å². The Hall–Kier alpha value is -1.92. The summed E-state index contributed by atoms with van der Waals surface area (Å²) in [7, 11) is 0. The van der Waals surface area contributed by atoms with Crippen molar-refractivity contribution < 1.29 is 19.2 Å². The standard InChI is InChI=1S/C13H19N3O4/c1-2-3-10-14-11(20-15-10)4-5-12(17)16-7-9(8-16)6-13(18)19/h9H,2-8H2,1H3,(H,18,19). The quantitative estimate of drug-likeness (QED) is 0.797. The summed E-state index contributed by atoms with van der Waals surface area (Å²) in [6.07, 6.45) is 2.63. The van der Waals surface area contributed by atoms with Crippen LogP contribution in [-0.4, -0.2) is 45.1 Å². The summed E-state index contributed by atoms with van der Waals surface area (Å²) in [5.41, 5.74) is 0. The minimum absolute atomic E-state index is 0.0156. The van der Waals surface area contributed by atoms with Crippen molar-refractivity contribution in [3.63, 3.8) is 0 Å². The highest BCUT2D eigenvalue weighted by atomic mass is 16.5. The Morgan fingerprint density at radius 1 is 1.40 bits per heavy atom. The van der Waals surface area contributed by atoms with Crippen LogP contribution in [0.1, 0.15) is 37.9 Å². The highest BCUT2D eigenvalue weighted by Crippen LogP contribution is 2.20. The molecule has 7 heteroatoms. The average Bonchev–Trinajstić information content (AvgIpc) is 2.78. The van der Waals surface area contributed by atoms with Crippen molar-refractivity contribution in [1.82, 2.24) is 15.0 Å². The Morgan fingerprint density at radius 3 is 2.80 bits per heavy atom. The summed E-state index contributed by atoms with van der Waals surface area (Å²) in [5.74, 6) is 0.471. The van der Waals surface area contributed by atoms with Gasteiger partial charge in [0.1, 0.15) is 0 Å². The van der Waals surface area contributed by atoms with E-state index in [1.165, 1.54) is 0 Å². The van der Waals surface area contributed by atoms with Gasteiger partial charge in [-0.05, 0) is 6.42 Å². The molecule has 0 spiro atoms. The molecule has 1 fully saturated rings. The van der Waals surface area contributed by atoms with E-state index in [9.17, 15) is 9.59 Å². The summed E-state index contributed by atoms with van der Waals surface area (Å²) in [5, 5.41) is 12.5. The maximum atomic E-state index is 11.9. The van der Waals surface area contributed by atoms with Gasteiger partial charge in [0.25, 0.3) is 0 Å². The summed E-state index contributed by atoms with van der Waals surface area (Å²) in [6.45, 7) is 3.11. The molecule has 1 N–H and O–H groups in total. The van der Waals surface area contributed by atoms with Gasteiger partial charge in [-0.3, -0.25) is 9.59 Å². The van der Waals surface area contributed by atoms with Crippen LogP contribution in [0.25, 0.3) is 0 Å². The average molecular weight is 281 g/mol. The lowest BCUT2D eigenvalue weighted by Crippen LogP contribution is -2.50. The van der Waals surface area contributed by atoms with Crippen LogP contribution in [0.5, 0.6) is 0 Å². The number of rotatable bonds is 7. The maximum absolute atomic E-state index is 11.9. The van der Waals surface area contributed by atoms with Gasteiger partial charge in [0, 0.05) is 38.3 Å². The van der Waals surface area contributed by atoms with Gasteiger partial charge >= 0.3 is 5.97 Å². The lowest BCUT2D eigenvalue weighted by atomic mass is 9.96. The predicted molar refractivity (Wildman–Crippen MR) is 68.9 cm³/mol. The zero-order chi connectivity index (χ0) is 14.5. The normalized spacial score (nSPS) is 15.2. The topological polar surface area (TPSA) is 96.5 Å². The minimum Gasteiger partial charge on any atom is -0.481 e. The minimum atomic E-state index is -0.809. The second kappa shape index (κ2) is 6.49. The molecule has 2 rings (SSSR count). The van der Waals surface area contributed by atoms with Crippen LogP contribution in [0.15, 0.2) is 4.52 Å². The van der Waals surface area contributed by atoms with Crippen LogP contribution in [0.3, 0.4) is 0 Å². The molecule has 0 bridgehead atoms. The van der Waals surface area contributed by atoms with Crippen LogP contribution in [0.4, 0.5) is 0 Å². The number of likely N-dealkylation sites (tertiary alicyclic amines) is 1. The van der Waals surface area contributed by atoms with Crippen molar-refractivity contribution in [3.05, 3.63) is 11.7 Å². The van der Waals surface area contributed by atoms with Crippen molar-refractivity contribution in [2.24, 2.45) is 5.92 Å². The third-order valence-corrected chi connectivity index (χ3v) is 3.31. The number of aliphatic carboxylic acids is 1. The molecule has 20 heavy (non-hydrogen) atoms. The highest BCUT2D eigenvalue weighted by molar-refractivity contribution is 5.77. The molecule has 1 aliphatic rings. The second-order valence-corrected chi connectivity index (χ2v) is 5.12. The molecule has 0 radical (unpaired) electrons. The molecule has 1 aromatic heterocycles. The van der Waals surface area contributed by atoms with Gasteiger partial charge in [-0.25, -0.2) is 0 Å². The number of carbonyl (C=O) groups is 2. The Labute approximate surface area is 117 Å². The molecule has 0 saturated carbocycles. The first-order valence-electron chi connectivity index (χ1n) is 6.89. The molecule has 0 atom stereocenters. The SMILES string of the molecule is CCCc1noc(CCC(=O)N2CC(CC(=O)O)C2)n1. The first-order chi connectivity index (χ1) is 9.58.